The Kier molecular flexibility index (Phi) is 7.33. The predicted molar refractivity (Wildman–Crippen MR) is 145 cm³/mol. The maximum atomic E-state index is 12.6. The zero-order valence-corrected chi connectivity index (χ0v) is 21.7. The van der Waals surface area contributed by atoms with Crippen LogP contribution in [0.2, 0.25) is 0 Å². The van der Waals surface area contributed by atoms with Crippen molar-refractivity contribution in [3.05, 3.63) is 114 Å². The lowest BCUT2D eigenvalue weighted by Crippen LogP contribution is -2.14. The number of rotatable bonds is 8. The molecular weight excluding hydrogens is 510 g/mol. The molecule has 1 amide bonds. The number of carbonyl (C=O) groups excluding carboxylic acids is 1. The monoisotopic (exact) mass is 535 g/mol. The summed E-state index contributed by atoms with van der Waals surface area (Å²) in [6, 6.07) is 25.3. The van der Waals surface area contributed by atoms with Crippen molar-refractivity contribution in [2.45, 2.75) is 23.6 Å². The Morgan fingerprint density at radius 2 is 0.865 bits per heavy atom. The van der Waals surface area contributed by atoms with Gasteiger partial charge < -0.3 is 5.32 Å². The van der Waals surface area contributed by atoms with Crippen molar-refractivity contribution >= 4 is 43.0 Å². The highest BCUT2D eigenvalue weighted by molar-refractivity contribution is 7.93. The van der Waals surface area contributed by atoms with Gasteiger partial charge in [-0.1, -0.05) is 35.4 Å². The molecule has 4 aromatic carbocycles. The molecule has 37 heavy (non-hydrogen) atoms. The minimum atomic E-state index is -3.75. The smallest absolute Gasteiger partial charge is 0.261 e. The summed E-state index contributed by atoms with van der Waals surface area (Å²) in [6.45, 7) is 3.75. The van der Waals surface area contributed by atoms with Gasteiger partial charge in [0.2, 0.25) is 0 Å². The van der Waals surface area contributed by atoms with Gasteiger partial charge in [0.25, 0.3) is 26.0 Å². The van der Waals surface area contributed by atoms with Gasteiger partial charge >= 0.3 is 0 Å². The lowest BCUT2D eigenvalue weighted by atomic mass is 10.2. The van der Waals surface area contributed by atoms with Crippen LogP contribution < -0.4 is 14.8 Å². The number of amides is 1. The number of anilines is 3. The second kappa shape index (κ2) is 10.5. The minimum Gasteiger partial charge on any atom is -0.322 e. The van der Waals surface area contributed by atoms with Gasteiger partial charge in [-0.25, -0.2) is 16.8 Å². The Morgan fingerprint density at radius 3 is 1.27 bits per heavy atom. The Bertz CT molecular complexity index is 1610. The summed E-state index contributed by atoms with van der Waals surface area (Å²) < 4.78 is 55.2. The lowest BCUT2D eigenvalue weighted by Gasteiger charge is -2.11. The van der Waals surface area contributed by atoms with Crippen molar-refractivity contribution in [1.82, 2.24) is 0 Å². The molecule has 8 nitrogen and oxygen atoms in total. The van der Waals surface area contributed by atoms with E-state index in [2.05, 4.69) is 14.8 Å². The molecule has 0 saturated heterocycles. The van der Waals surface area contributed by atoms with Gasteiger partial charge in [-0.15, -0.1) is 0 Å². The fourth-order valence-electron chi connectivity index (χ4n) is 3.38. The minimum absolute atomic E-state index is 0.143. The van der Waals surface area contributed by atoms with Crippen LogP contribution in [0.3, 0.4) is 0 Å². The Labute approximate surface area is 216 Å². The highest BCUT2D eigenvalue weighted by atomic mass is 32.2. The summed E-state index contributed by atoms with van der Waals surface area (Å²) in [5.74, 6) is -0.402. The van der Waals surface area contributed by atoms with E-state index >= 15 is 0 Å². The van der Waals surface area contributed by atoms with Crippen molar-refractivity contribution in [2.75, 3.05) is 14.8 Å². The molecule has 0 aliphatic rings. The quantitative estimate of drug-likeness (QED) is 0.288. The van der Waals surface area contributed by atoms with E-state index in [0.717, 1.165) is 11.1 Å². The molecule has 0 heterocycles. The first-order chi connectivity index (χ1) is 17.5. The molecular formula is C27H25N3O5S2. The lowest BCUT2D eigenvalue weighted by molar-refractivity contribution is 0.102. The SMILES string of the molecule is Cc1ccc(S(=O)(=O)Nc2ccc(NC(=O)c3ccc(NS(=O)(=O)c4ccc(C)cc4)cc3)cc2)cc1. The Morgan fingerprint density at radius 1 is 0.514 bits per heavy atom. The van der Waals surface area contributed by atoms with Crippen molar-refractivity contribution in [3.8, 4) is 0 Å². The van der Waals surface area contributed by atoms with E-state index in [9.17, 15) is 21.6 Å². The van der Waals surface area contributed by atoms with Gasteiger partial charge in [0.1, 0.15) is 0 Å². The fraction of sp³-hybridized carbons (Fsp3) is 0.0741. The van der Waals surface area contributed by atoms with E-state index in [1.807, 2.05) is 13.8 Å². The number of sulfonamides is 2. The molecule has 10 heteroatoms. The molecule has 0 aliphatic carbocycles. The highest BCUT2D eigenvalue weighted by Crippen LogP contribution is 2.21. The predicted octanol–water partition coefficient (Wildman–Crippen LogP) is 5.16. The number of hydrogen-bond donors (Lipinski definition) is 3. The third kappa shape index (κ3) is 6.54. The number of benzene rings is 4. The second-order valence-corrected chi connectivity index (χ2v) is 11.8. The van der Waals surface area contributed by atoms with E-state index in [4.69, 9.17) is 0 Å². The van der Waals surface area contributed by atoms with Crippen LogP contribution in [0, 0.1) is 13.8 Å². The summed E-state index contributed by atoms with van der Waals surface area (Å²) in [6.07, 6.45) is 0. The average molecular weight is 536 g/mol. The van der Waals surface area contributed by atoms with Crippen LogP contribution in [0.1, 0.15) is 21.5 Å². The molecule has 0 radical (unpaired) electrons. The molecule has 0 spiro atoms. The van der Waals surface area contributed by atoms with E-state index in [-0.39, 0.29) is 9.79 Å². The molecule has 190 valence electrons. The largest absolute Gasteiger partial charge is 0.322 e. The van der Waals surface area contributed by atoms with Gasteiger partial charge in [0, 0.05) is 22.6 Å². The van der Waals surface area contributed by atoms with E-state index in [0.29, 0.717) is 22.6 Å². The molecule has 4 aromatic rings. The third-order valence-electron chi connectivity index (χ3n) is 5.46. The molecule has 4 rings (SSSR count). The zero-order valence-electron chi connectivity index (χ0n) is 20.1. The van der Waals surface area contributed by atoms with Crippen LogP contribution in [0.5, 0.6) is 0 Å². The summed E-state index contributed by atoms with van der Waals surface area (Å²) >= 11 is 0. The highest BCUT2D eigenvalue weighted by Gasteiger charge is 2.15. The number of nitrogens with one attached hydrogen (secondary N) is 3. The molecule has 0 aromatic heterocycles. The molecule has 3 N–H and O–H groups in total. The first kappa shape index (κ1) is 25.9. The first-order valence-corrected chi connectivity index (χ1v) is 14.2. The van der Waals surface area contributed by atoms with Crippen molar-refractivity contribution in [3.63, 3.8) is 0 Å². The van der Waals surface area contributed by atoms with Crippen molar-refractivity contribution in [1.29, 1.82) is 0 Å². The van der Waals surface area contributed by atoms with Crippen molar-refractivity contribution in [2.24, 2.45) is 0 Å². The van der Waals surface area contributed by atoms with E-state index < -0.39 is 26.0 Å². The maximum Gasteiger partial charge on any atom is 0.261 e. The van der Waals surface area contributed by atoms with Gasteiger partial charge in [-0.05, 0) is 86.6 Å². The third-order valence-corrected chi connectivity index (χ3v) is 8.25. The molecule has 0 unspecified atom stereocenters. The summed E-state index contributed by atoms with van der Waals surface area (Å²) in [7, 11) is -7.48. The van der Waals surface area contributed by atoms with Gasteiger partial charge in [-0.2, -0.15) is 0 Å². The number of hydrogen-bond acceptors (Lipinski definition) is 5. The number of carbonyl (C=O) groups is 1. The first-order valence-electron chi connectivity index (χ1n) is 11.2. The summed E-state index contributed by atoms with van der Waals surface area (Å²) in [4.78, 5) is 12.9. The van der Waals surface area contributed by atoms with Gasteiger partial charge in [0.15, 0.2) is 0 Å². The van der Waals surface area contributed by atoms with Crippen LogP contribution in [-0.2, 0) is 20.0 Å². The van der Waals surface area contributed by atoms with Crippen LogP contribution in [0.15, 0.2) is 107 Å². The molecule has 0 fully saturated rings. The Balaban J connectivity index is 1.38. The van der Waals surface area contributed by atoms with Gasteiger partial charge in [0.05, 0.1) is 9.79 Å². The maximum absolute atomic E-state index is 12.6. The second-order valence-electron chi connectivity index (χ2n) is 8.45. The normalized spacial score (nSPS) is 11.5. The molecule has 0 aliphatic heterocycles. The standard InChI is InChI=1S/C27H25N3O5S2/c1-19-3-15-25(16-4-19)36(32,33)29-23-9-7-21(8-10-23)27(31)28-22-11-13-24(14-12-22)30-37(34,35)26-17-5-20(2)6-18-26/h3-18,29-30H,1-2H3,(H,28,31). The molecule has 0 saturated carbocycles. The van der Waals surface area contributed by atoms with Crippen LogP contribution in [-0.4, -0.2) is 22.7 Å². The molecule has 0 bridgehead atoms. The van der Waals surface area contributed by atoms with E-state index in [1.54, 1.807) is 48.5 Å². The molecule has 0 atom stereocenters. The fourth-order valence-corrected chi connectivity index (χ4v) is 5.49. The van der Waals surface area contributed by atoms with E-state index in [1.165, 1.54) is 48.5 Å². The summed E-state index contributed by atoms with van der Waals surface area (Å²) in [5, 5.41) is 2.73. The van der Waals surface area contributed by atoms with Crippen LogP contribution in [0.25, 0.3) is 0 Å². The Hall–Kier alpha value is -4.15. The van der Waals surface area contributed by atoms with Crippen molar-refractivity contribution < 1.29 is 21.6 Å². The topological polar surface area (TPSA) is 121 Å². The summed E-state index contributed by atoms with van der Waals surface area (Å²) in [5.41, 5.74) is 3.37. The average Bonchev–Trinajstić information content (AvgIpc) is 2.86. The van der Waals surface area contributed by atoms with Crippen LogP contribution in [0.4, 0.5) is 17.1 Å². The zero-order chi connectivity index (χ0) is 26.6. The van der Waals surface area contributed by atoms with Gasteiger partial charge in [-0.3, -0.25) is 14.2 Å². The van der Waals surface area contributed by atoms with Crippen LogP contribution >= 0.6 is 0 Å². The number of aryl methyl sites for hydroxylation is 2.